The first-order valence-electron chi connectivity index (χ1n) is 8.54. The van der Waals surface area contributed by atoms with Gasteiger partial charge in [0.05, 0.1) is 0 Å². The summed E-state index contributed by atoms with van der Waals surface area (Å²) >= 11 is 0. The summed E-state index contributed by atoms with van der Waals surface area (Å²) in [7, 11) is 0. The summed E-state index contributed by atoms with van der Waals surface area (Å²) in [4.78, 5) is 26.8. The molecule has 0 unspecified atom stereocenters. The zero-order chi connectivity index (χ0) is 17.4. The van der Waals surface area contributed by atoms with Crippen molar-refractivity contribution in [2.24, 2.45) is 0 Å². The Balaban J connectivity index is 3.02. The summed E-state index contributed by atoms with van der Waals surface area (Å²) in [5.41, 5.74) is 2.22. The molecule has 23 heavy (non-hydrogen) atoms. The second kappa shape index (κ2) is 9.33. The Labute approximate surface area is 140 Å². The maximum atomic E-state index is 12.6. The average Bonchev–Trinajstić information content (AvgIpc) is 2.46. The SMILES string of the molecule is CCCC(=O)N(Cc1cccc(C)c1)[C@@H](CC)C(=O)NC(C)C. The van der Waals surface area contributed by atoms with E-state index in [2.05, 4.69) is 11.4 Å². The molecule has 1 N–H and O–H groups in total. The van der Waals surface area contributed by atoms with Gasteiger partial charge in [-0.25, -0.2) is 0 Å². The number of aryl methyl sites for hydroxylation is 1. The van der Waals surface area contributed by atoms with Crippen LogP contribution in [0.25, 0.3) is 0 Å². The van der Waals surface area contributed by atoms with Crippen LogP contribution in [0, 0.1) is 6.92 Å². The first-order valence-corrected chi connectivity index (χ1v) is 8.54. The number of carbonyl (C=O) groups excluding carboxylic acids is 2. The number of rotatable bonds is 8. The van der Waals surface area contributed by atoms with Crippen LogP contribution in [-0.4, -0.2) is 28.8 Å². The molecule has 0 spiro atoms. The van der Waals surface area contributed by atoms with Crippen LogP contribution in [0.1, 0.15) is 58.1 Å². The summed E-state index contributed by atoms with van der Waals surface area (Å²) in [5, 5.41) is 2.94. The van der Waals surface area contributed by atoms with Crippen molar-refractivity contribution in [3.05, 3.63) is 35.4 Å². The molecule has 128 valence electrons. The van der Waals surface area contributed by atoms with Gasteiger partial charge in [-0.3, -0.25) is 9.59 Å². The maximum Gasteiger partial charge on any atom is 0.243 e. The van der Waals surface area contributed by atoms with Gasteiger partial charge in [-0.2, -0.15) is 0 Å². The second-order valence-corrected chi connectivity index (χ2v) is 6.35. The number of nitrogens with one attached hydrogen (secondary N) is 1. The van der Waals surface area contributed by atoms with Crippen molar-refractivity contribution in [2.45, 2.75) is 72.5 Å². The van der Waals surface area contributed by atoms with Gasteiger partial charge in [-0.05, 0) is 39.2 Å². The lowest BCUT2D eigenvalue weighted by molar-refractivity contribution is -0.141. The molecule has 0 aliphatic heterocycles. The monoisotopic (exact) mass is 318 g/mol. The van der Waals surface area contributed by atoms with Crippen LogP contribution >= 0.6 is 0 Å². The fourth-order valence-corrected chi connectivity index (χ4v) is 2.66. The van der Waals surface area contributed by atoms with Crippen LogP contribution in [0.15, 0.2) is 24.3 Å². The summed E-state index contributed by atoms with van der Waals surface area (Å²) in [6.07, 6.45) is 1.86. The number of nitrogens with zero attached hydrogens (tertiary/aromatic N) is 1. The van der Waals surface area contributed by atoms with Crippen molar-refractivity contribution in [1.82, 2.24) is 10.2 Å². The molecule has 0 saturated heterocycles. The predicted molar refractivity (Wildman–Crippen MR) is 94.0 cm³/mol. The molecule has 0 aliphatic carbocycles. The van der Waals surface area contributed by atoms with Gasteiger partial charge in [0.1, 0.15) is 6.04 Å². The third-order valence-corrected chi connectivity index (χ3v) is 3.72. The standard InChI is InChI=1S/C19H30N2O2/c1-6-9-18(22)21(13-16-11-8-10-15(5)12-16)17(7-2)19(23)20-14(3)4/h8,10-12,14,17H,6-7,9,13H2,1-5H3,(H,20,23)/t17-/m0/s1. The minimum absolute atomic E-state index is 0.0414. The minimum Gasteiger partial charge on any atom is -0.352 e. The van der Waals surface area contributed by atoms with E-state index in [4.69, 9.17) is 0 Å². The van der Waals surface area contributed by atoms with E-state index in [1.807, 2.05) is 52.8 Å². The highest BCUT2D eigenvalue weighted by Crippen LogP contribution is 2.15. The molecule has 1 aromatic carbocycles. The van der Waals surface area contributed by atoms with E-state index >= 15 is 0 Å². The van der Waals surface area contributed by atoms with Crippen LogP contribution in [0.4, 0.5) is 0 Å². The van der Waals surface area contributed by atoms with Crippen LogP contribution in [0.5, 0.6) is 0 Å². The van der Waals surface area contributed by atoms with E-state index < -0.39 is 6.04 Å². The lowest BCUT2D eigenvalue weighted by Gasteiger charge is -2.31. The summed E-state index contributed by atoms with van der Waals surface area (Å²) in [6.45, 7) is 10.3. The molecular formula is C19H30N2O2. The van der Waals surface area contributed by atoms with Gasteiger partial charge < -0.3 is 10.2 Å². The van der Waals surface area contributed by atoms with E-state index in [9.17, 15) is 9.59 Å². The third-order valence-electron chi connectivity index (χ3n) is 3.72. The number of benzene rings is 1. The molecule has 0 heterocycles. The topological polar surface area (TPSA) is 49.4 Å². The summed E-state index contributed by atoms with van der Waals surface area (Å²) in [5.74, 6) is -0.0284. The fourth-order valence-electron chi connectivity index (χ4n) is 2.66. The molecule has 2 amide bonds. The van der Waals surface area contributed by atoms with Crippen molar-refractivity contribution < 1.29 is 9.59 Å². The van der Waals surface area contributed by atoms with E-state index in [1.54, 1.807) is 4.90 Å². The van der Waals surface area contributed by atoms with Crippen molar-refractivity contribution in [1.29, 1.82) is 0 Å². The number of carbonyl (C=O) groups is 2. The first kappa shape index (κ1) is 19.2. The number of hydrogen-bond donors (Lipinski definition) is 1. The molecule has 0 aliphatic rings. The van der Waals surface area contributed by atoms with Crippen LogP contribution < -0.4 is 5.32 Å². The maximum absolute atomic E-state index is 12.6. The lowest BCUT2D eigenvalue weighted by atomic mass is 10.1. The Morgan fingerprint density at radius 2 is 1.91 bits per heavy atom. The third kappa shape index (κ3) is 6.05. The Morgan fingerprint density at radius 3 is 2.43 bits per heavy atom. The van der Waals surface area contributed by atoms with E-state index in [1.165, 1.54) is 0 Å². The van der Waals surface area contributed by atoms with Gasteiger partial charge in [0.2, 0.25) is 11.8 Å². The Morgan fingerprint density at radius 1 is 1.22 bits per heavy atom. The second-order valence-electron chi connectivity index (χ2n) is 6.35. The zero-order valence-corrected chi connectivity index (χ0v) is 15.1. The molecule has 1 aromatic rings. The highest BCUT2D eigenvalue weighted by atomic mass is 16.2. The van der Waals surface area contributed by atoms with Gasteiger partial charge in [0.15, 0.2) is 0 Å². The molecule has 0 fully saturated rings. The highest BCUT2D eigenvalue weighted by Gasteiger charge is 2.28. The summed E-state index contributed by atoms with van der Waals surface area (Å²) < 4.78 is 0. The molecular weight excluding hydrogens is 288 g/mol. The molecule has 0 aromatic heterocycles. The normalized spacial score (nSPS) is 12.1. The summed E-state index contributed by atoms with van der Waals surface area (Å²) in [6, 6.07) is 7.74. The number of amides is 2. The molecule has 0 radical (unpaired) electrons. The Hall–Kier alpha value is -1.84. The quantitative estimate of drug-likeness (QED) is 0.798. The van der Waals surface area contributed by atoms with Gasteiger partial charge in [0, 0.05) is 19.0 Å². The van der Waals surface area contributed by atoms with Crippen molar-refractivity contribution >= 4 is 11.8 Å². The zero-order valence-electron chi connectivity index (χ0n) is 15.1. The fraction of sp³-hybridized carbons (Fsp3) is 0.579. The smallest absolute Gasteiger partial charge is 0.243 e. The van der Waals surface area contributed by atoms with Crippen molar-refractivity contribution in [2.75, 3.05) is 0 Å². The van der Waals surface area contributed by atoms with Gasteiger partial charge in [-0.1, -0.05) is 43.7 Å². The average molecular weight is 318 g/mol. The Bertz CT molecular complexity index is 526. The van der Waals surface area contributed by atoms with Crippen LogP contribution in [0.3, 0.4) is 0 Å². The molecule has 0 saturated carbocycles. The molecule has 0 bridgehead atoms. The predicted octanol–water partition coefficient (Wildman–Crippen LogP) is 3.43. The van der Waals surface area contributed by atoms with E-state index in [0.717, 1.165) is 17.5 Å². The Kier molecular flexibility index (Phi) is 7.79. The molecule has 4 heteroatoms. The van der Waals surface area contributed by atoms with E-state index in [0.29, 0.717) is 19.4 Å². The highest BCUT2D eigenvalue weighted by molar-refractivity contribution is 5.87. The molecule has 4 nitrogen and oxygen atoms in total. The van der Waals surface area contributed by atoms with Crippen LogP contribution in [0.2, 0.25) is 0 Å². The first-order chi connectivity index (χ1) is 10.9. The molecule has 1 rings (SSSR count). The van der Waals surface area contributed by atoms with Gasteiger partial charge >= 0.3 is 0 Å². The minimum atomic E-state index is -0.419. The molecule has 1 atom stereocenters. The number of hydrogen-bond acceptors (Lipinski definition) is 2. The van der Waals surface area contributed by atoms with Crippen molar-refractivity contribution in [3.63, 3.8) is 0 Å². The van der Waals surface area contributed by atoms with Gasteiger partial charge in [0.25, 0.3) is 0 Å². The largest absolute Gasteiger partial charge is 0.352 e. The van der Waals surface area contributed by atoms with Crippen molar-refractivity contribution in [3.8, 4) is 0 Å². The lowest BCUT2D eigenvalue weighted by Crippen LogP contribution is -2.50. The van der Waals surface area contributed by atoms with Gasteiger partial charge in [-0.15, -0.1) is 0 Å². The van der Waals surface area contributed by atoms with E-state index in [-0.39, 0.29) is 17.9 Å². The van der Waals surface area contributed by atoms with Crippen LogP contribution in [-0.2, 0) is 16.1 Å².